The van der Waals surface area contributed by atoms with Crippen LogP contribution in [0.4, 0.5) is 0 Å². The molecule has 64 valence electrons. The molecule has 0 aliphatic carbocycles. The van der Waals surface area contributed by atoms with Gasteiger partial charge in [-0.3, -0.25) is 9.05 Å². The molecule has 4 nitrogen and oxygen atoms in total. The van der Waals surface area contributed by atoms with E-state index in [1.54, 1.807) is 6.92 Å². The van der Waals surface area contributed by atoms with E-state index in [1.165, 1.54) is 0 Å². The smallest absolute Gasteiger partial charge is 0.394 e. The molecule has 11 heavy (non-hydrogen) atoms. The maximum Gasteiger partial charge on any atom is 0.405 e. The highest BCUT2D eigenvalue weighted by molar-refractivity contribution is 7.59. The number of aliphatic hydroxyl groups is 1. The average Bonchev–Trinajstić information content (AvgIpc) is 2.02. The third kappa shape index (κ3) is 4.18. The van der Waals surface area contributed by atoms with Gasteiger partial charge in [0, 0.05) is 5.66 Å². The van der Waals surface area contributed by atoms with Crippen molar-refractivity contribution in [2.24, 2.45) is 0 Å². The van der Waals surface area contributed by atoms with Gasteiger partial charge in [0.1, 0.15) is 0 Å². The molecule has 0 amide bonds. The van der Waals surface area contributed by atoms with E-state index in [1.807, 2.05) is 5.66 Å². The highest BCUT2D eigenvalue weighted by Gasteiger charge is 2.19. The number of hydrogen-bond donors (Lipinski definition) is 1. The Balaban J connectivity index is 3.92. The van der Waals surface area contributed by atoms with Crippen molar-refractivity contribution in [3.63, 3.8) is 0 Å². The lowest BCUT2D eigenvalue weighted by molar-refractivity contribution is 0.170. The average molecular weight is 178 g/mol. The molecule has 0 fully saturated rings. The van der Waals surface area contributed by atoms with E-state index in [2.05, 4.69) is 9.05 Å². The molecule has 0 aromatic heterocycles. The normalized spacial score (nSPS) is 15.4. The number of aliphatic hydroxyl groups excluding tert-OH is 1. The topological polar surface area (TPSA) is 55.8 Å². The highest BCUT2D eigenvalue weighted by atomic mass is 31.2. The quantitative estimate of drug-likeness (QED) is 0.500. The summed E-state index contributed by atoms with van der Waals surface area (Å²) in [6, 6.07) is 0. The second kappa shape index (κ2) is 5.34. The molecule has 0 aromatic carbocycles. The van der Waals surface area contributed by atoms with Crippen LogP contribution in [-0.2, 0) is 13.6 Å². The summed E-state index contributed by atoms with van der Waals surface area (Å²) in [5, 5.41) is 8.32. The van der Waals surface area contributed by atoms with Crippen LogP contribution >= 0.6 is 7.60 Å². The van der Waals surface area contributed by atoms with Gasteiger partial charge in [-0.15, -0.1) is 6.42 Å². The molecule has 1 N–H and O–H groups in total. The fraction of sp³-hybridized carbons (Fsp3) is 0.667. The zero-order valence-corrected chi connectivity index (χ0v) is 7.21. The van der Waals surface area contributed by atoms with Crippen LogP contribution in [0.1, 0.15) is 6.92 Å². The van der Waals surface area contributed by atoms with Gasteiger partial charge in [0.05, 0.1) is 19.8 Å². The van der Waals surface area contributed by atoms with Gasteiger partial charge in [-0.05, 0) is 6.92 Å². The SMILES string of the molecule is C#CP(=O)(OCC)OCCO. The monoisotopic (exact) mass is 178 g/mol. The summed E-state index contributed by atoms with van der Waals surface area (Å²) in [6.07, 6.45) is 4.89. The van der Waals surface area contributed by atoms with Crippen molar-refractivity contribution in [1.82, 2.24) is 0 Å². The molecule has 5 heteroatoms. The molecule has 1 unspecified atom stereocenters. The molecule has 0 rings (SSSR count). The summed E-state index contributed by atoms with van der Waals surface area (Å²) in [6.45, 7) is 1.60. The molecule has 0 radical (unpaired) electrons. The van der Waals surface area contributed by atoms with E-state index in [9.17, 15) is 4.57 Å². The second-order valence-corrected chi connectivity index (χ2v) is 3.37. The lowest BCUT2D eigenvalue weighted by Crippen LogP contribution is -1.98. The minimum absolute atomic E-state index is 0.0680. The Kier molecular flexibility index (Phi) is 5.18. The predicted octanol–water partition coefficient (Wildman–Crippen LogP) is 0.816. The van der Waals surface area contributed by atoms with Gasteiger partial charge in [0.2, 0.25) is 0 Å². The lowest BCUT2D eigenvalue weighted by Gasteiger charge is -2.09. The lowest BCUT2D eigenvalue weighted by atomic mass is 10.8. The summed E-state index contributed by atoms with van der Waals surface area (Å²) in [5.41, 5.74) is 1.91. The van der Waals surface area contributed by atoms with E-state index < -0.39 is 7.60 Å². The third-order valence-electron chi connectivity index (χ3n) is 0.810. The summed E-state index contributed by atoms with van der Waals surface area (Å²) < 4.78 is 20.4. The zero-order valence-electron chi connectivity index (χ0n) is 6.32. The maximum absolute atomic E-state index is 11.1. The van der Waals surface area contributed by atoms with Gasteiger partial charge in [-0.25, -0.2) is 4.57 Å². The Morgan fingerprint density at radius 2 is 2.27 bits per heavy atom. The van der Waals surface area contributed by atoms with E-state index in [4.69, 9.17) is 11.5 Å². The Morgan fingerprint density at radius 1 is 1.64 bits per heavy atom. The first-order valence-electron chi connectivity index (χ1n) is 3.16. The van der Waals surface area contributed by atoms with Crippen molar-refractivity contribution in [2.45, 2.75) is 6.92 Å². The molecular formula is C6H11O4P. The Labute approximate surface area is 66.0 Å². The van der Waals surface area contributed by atoms with Gasteiger partial charge in [0.15, 0.2) is 0 Å². The molecular weight excluding hydrogens is 167 g/mol. The minimum Gasteiger partial charge on any atom is -0.394 e. The first kappa shape index (κ1) is 10.7. The van der Waals surface area contributed by atoms with E-state index >= 15 is 0 Å². The molecule has 1 atom stereocenters. The van der Waals surface area contributed by atoms with Crippen molar-refractivity contribution in [3.05, 3.63) is 0 Å². The van der Waals surface area contributed by atoms with Crippen LogP contribution in [0.3, 0.4) is 0 Å². The van der Waals surface area contributed by atoms with Gasteiger partial charge in [-0.1, -0.05) is 0 Å². The van der Waals surface area contributed by atoms with E-state index in [0.29, 0.717) is 0 Å². The Morgan fingerprint density at radius 3 is 2.64 bits per heavy atom. The van der Waals surface area contributed by atoms with Crippen LogP contribution in [0.15, 0.2) is 0 Å². The molecule has 0 saturated heterocycles. The first-order valence-corrected chi connectivity index (χ1v) is 4.70. The van der Waals surface area contributed by atoms with Crippen molar-refractivity contribution in [1.29, 1.82) is 0 Å². The Bertz CT molecular complexity index is 184. The van der Waals surface area contributed by atoms with Crippen LogP contribution in [0, 0.1) is 12.1 Å². The fourth-order valence-corrected chi connectivity index (χ4v) is 1.33. The molecule has 0 spiro atoms. The van der Waals surface area contributed by atoms with E-state index in [-0.39, 0.29) is 19.8 Å². The molecule has 0 heterocycles. The van der Waals surface area contributed by atoms with Crippen LogP contribution in [-0.4, -0.2) is 24.9 Å². The number of rotatable bonds is 5. The van der Waals surface area contributed by atoms with Crippen molar-refractivity contribution in [3.8, 4) is 12.1 Å². The molecule has 0 aliphatic heterocycles. The second-order valence-electron chi connectivity index (χ2n) is 1.60. The van der Waals surface area contributed by atoms with Gasteiger partial charge in [-0.2, -0.15) is 0 Å². The van der Waals surface area contributed by atoms with Crippen LogP contribution in [0.5, 0.6) is 0 Å². The van der Waals surface area contributed by atoms with Crippen LogP contribution < -0.4 is 0 Å². The minimum atomic E-state index is -3.35. The number of terminal acetylenes is 1. The third-order valence-corrected chi connectivity index (χ3v) is 2.25. The Hall–Kier alpha value is -0.330. The van der Waals surface area contributed by atoms with Crippen molar-refractivity contribution >= 4 is 7.60 Å². The summed E-state index contributed by atoms with van der Waals surface area (Å²) in [7, 11) is -3.35. The molecule has 0 saturated carbocycles. The van der Waals surface area contributed by atoms with Crippen LogP contribution in [0.2, 0.25) is 0 Å². The van der Waals surface area contributed by atoms with Crippen LogP contribution in [0.25, 0.3) is 0 Å². The van der Waals surface area contributed by atoms with E-state index in [0.717, 1.165) is 0 Å². The first-order chi connectivity index (χ1) is 5.18. The fourth-order valence-electron chi connectivity index (χ4n) is 0.443. The molecule has 0 aliphatic rings. The zero-order chi connectivity index (χ0) is 8.74. The predicted molar refractivity (Wildman–Crippen MR) is 41.1 cm³/mol. The summed E-state index contributed by atoms with van der Waals surface area (Å²) in [4.78, 5) is 0. The highest BCUT2D eigenvalue weighted by Crippen LogP contribution is 2.46. The number of hydrogen-bond acceptors (Lipinski definition) is 4. The van der Waals surface area contributed by atoms with Gasteiger partial charge >= 0.3 is 7.60 Å². The van der Waals surface area contributed by atoms with Gasteiger partial charge in [0.25, 0.3) is 0 Å². The molecule has 0 aromatic rings. The van der Waals surface area contributed by atoms with Gasteiger partial charge < -0.3 is 5.11 Å². The van der Waals surface area contributed by atoms with Crippen molar-refractivity contribution < 1.29 is 18.7 Å². The summed E-state index contributed by atoms with van der Waals surface area (Å²) >= 11 is 0. The largest absolute Gasteiger partial charge is 0.405 e. The van der Waals surface area contributed by atoms with Crippen molar-refractivity contribution in [2.75, 3.05) is 19.8 Å². The molecule has 0 bridgehead atoms. The standard InChI is InChI=1S/C6H11O4P/c1-3-9-11(8,4-2)10-6-5-7/h2,7H,3,5-6H2,1H3. The summed E-state index contributed by atoms with van der Waals surface area (Å²) in [5.74, 6) is 0. The maximum atomic E-state index is 11.1.